The van der Waals surface area contributed by atoms with Crippen LogP contribution >= 0.6 is 11.6 Å². The number of ether oxygens (including phenoxy) is 1. The molecule has 1 aliphatic heterocycles. The summed E-state index contributed by atoms with van der Waals surface area (Å²) in [7, 11) is 0. The first-order chi connectivity index (χ1) is 16.9. The van der Waals surface area contributed by atoms with Crippen LogP contribution in [0.15, 0.2) is 78.9 Å². The molecule has 0 radical (unpaired) electrons. The second-order valence-corrected chi connectivity index (χ2v) is 9.07. The number of anilines is 1. The molecule has 0 fully saturated rings. The van der Waals surface area contributed by atoms with Gasteiger partial charge in [-0.3, -0.25) is 14.9 Å². The molecule has 0 saturated heterocycles. The molecule has 1 N–H and O–H groups in total. The second kappa shape index (κ2) is 9.35. The molecule has 3 aromatic rings. The summed E-state index contributed by atoms with van der Waals surface area (Å²) in [4.78, 5) is 35.3. The number of rotatable bonds is 6. The van der Waals surface area contributed by atoms with E-state index in [1.165, 1.54) is 24.3 Å². The fourth-order valence-corrected chi connectivity index (χ4v) is 4.91. The number of nitrogens with one attached hydrogen (secondary N) is 1. The van der Waals surface area contributed by atoms with Crippen LogP contribution in [0.3, 0.4) is 0 Å². The van der Waals surface area contributed by atoms with Crippen LogP contribution in [0.2, 0.25) is 5.02 Å². The number of nitro groups is 1. The molecule has 3 atom stereocenters. The third kappa shape index (κ3) is 4.55. The predicted molar refractivity (Wildman–Crippen MR) is 132 cm³/mol. The molecule has 8 heteroatoms. The molecule has 0 amide bonds. The van der Waals surface area contributed by atoms with Gasteiger partial charge in [0.2, 0.25) is 0 Å². The molecule has 0 unspecified atom stereocenters. The number of nitrogens with zero attached hydrogens (tertiary/aromatic N) is 1. The van der Waals surface area contributed by atoms with E-state index >= 15 is 0 Å². The van der Waals surface area contributed by atoms with Gasteiger partial charge in [0.15, 0.2) is 12.4 Å². The zero-order chi connectivity index (χ0) is 24.5. The van der Waals surface area contributed by atoms with Crippen LogP contribution in [0.25, 0.3) is 0 Å². The standard InChI is InChI=1S/C27H21ClN2O5/c28-19-9-4-17(5-10-19)26-22-3-1-2-21(22)23-14-18(8-13-24(23)29-26)27(32)35-15-25(31)16-6-11-20(12-7-16)30(33)34/h1-2,4-14,21-22,26,29H,3,15H2/t21-,22+,26+/m1/s1. The van der Waals surface area contributed by atoms with E-state index in [1.54, 1.807) is 6.07 Å². The first-order valence-electron chi connectivity index (χ1n) is 11.2. The Morgan fingerprint density at radius 1 is 1.03 bits per heavy atom. The highest BCUT2D eigenvalue weighted by molar-refractivity contribution is 6.30. The van der Waals surface area contributed by atoms with Crippen molar-refractivity contribution in [2.24, 2.45) is 5.92 Å². The highest BCUT2D eigenvalue weighted by atomic mass is 35.5. The molecule has 1 heterocycles. The minimum Gasteiger partial charge on any atom is -0.454 e. The molecular weight excluding hydrogens is 468 g/mol. The Kier molecular flexibility index (Phi) is 6.09. The Labute approximate surface area is 206 Å². The Hall–Kier alpha value is -3.97. The first kappa shape index (κ1) is 22.8. The molecule has 176 valence electrons. The highest BCUT2D eigenvalue weighted by Gasteiger charge is 2.38. The van der Waals surface area contributed by atoms with E-state index < -0.39 is 23.3 Å². The van der Waals surface area contributed by atoms with Crippen LogP contribution in [0.5, 0.6) is 0 Å². The van der Waals surface area contributed by atoms with Crippen LogP contribution in [-0.4, -0.2) is 23.3 Å². The largest absolute Gasteiger partial charge is 0.454 e. The number of carbonyl (C=O) groups excluding carboxylic acids is 2. The van der Waals surface area contributed by atoms with Gasteiger partial charge in [-0.2, -0.15) is 0 Å². The average molecular weight is 489 g/mol. The van der Waals surface area contributed by atoms with Gasteiger partial charge in [-0.1, -0.05) is 35.9 Å². The molecule has 0 saturated carbocycles. The van der Waals surface area contributed by atoms with Gasteiger partial charge in [0.05, 0.1) is 16.5 Å². The lowest BCUT2D eigenvalue weighted by atomic mass is 9.76. The number of fused-ring (bicyclic) bond motifs is 3. The fraction of sp³-hybridized carbons (Fsp3) is 0.185. The molecule has 0 spiro atoms. The number of hydrogen-bond donors (Lipinski definition) is 1. The quantitative estimate of drug-likeness (QED) is 0.148. The lowest BCUT2D eigenvalue weighted by Gasteiger charge is -2.37. The molecule has 3 aromatic carbocycles. The third-order valence-electron chi connectivity index (χ3n) is 6.56. The van der Waals surface area contributed by atoms with Crippen molar-refractivity contribution in [2.45, 2.75) is 18.4 Å². The lowest BCUT2D eigenvalue weighted by molar-refractivity contribution is -0.384. The highest BCUT2D eigenvalue weighted by Crippen LogP contribution is 2.50. The predicted octanol–water partition coefficient (Wildman–Crippen LogP) is 6.11. The summed E-state index contributed by atoms with van der Waals surface area (Å²) in [6.45, 7) is -0.448. The number of carbonyl (C=O) groups is 2. The zero-order valence-corrected chi connectivity index (χ0v) is 19.3. The van der Waals surface area contributed by atoms with Crippen molar-refractivity contribution in [2.75, 3.05) is 11.9 Å². The van der Waals surface area contributed by atoms with E-state index in [4.69, 9.17) is 16.3 Å². The summed E-state index contributed by atoms with van der Waals surface area (Å²) < 4.78 is 5.25. The molecule has 7 nitrogen and oxygen atoms in total. The number of allylic oxidation sites excluding steroid dienone is 2. The number of benzene rings is 3. The summed E-state index contributed by atoms with van der Waals surface area (Å²) in [5, 5.41) is 15.1. The maximum atomic E-state index is 12.7. The van der Waals surface area contributed by atoms with E-state index in [0.29, 0.717) is 16.5 Å². The van der Waals surface area contributed by atoms with E-state index in [-0.39, 0.29) is 23.2 Å². The zero-order valence-electron chi connectivity index (χ0n) is 18.5. The molecule has 35 heavy (non-hydrogen) atoms. The number of hydrogen-bond acceptors (Lipinski definition) is 6. The molecule has 2 aliphatic rings. The SMILES string of the molecule is O=C(COC(=O)c1ccc2c(c1)[C@@H]1C=CC[C@@H]1[C@H](c1ccc(Cl)cc1)N2)c1ccc([N+](=O)[O-])cc1. The summed E-state index contributed by atoms with van der Waals surface area (Å²) in [6.07, 6.45) is 5.27. The number of nitro benzene ring substituents is 1. The normalized spacial score (nSPS) is 19.9. The Bertz CT molecular complexity index is 1330. The summed E-state index contributed by atoms with van der Waals surface area (Å²) in [5.74, 6) is -0.570. The monoisotopic (exact) mass is 488 g/mol. The van der Waals surface area contributed by atoms with Crippen molar-refractivity contribution in [1.82, 2.24) is 0 Å². The minimum absolute atomic E-state index is 0.112. The average Bonchev–Trinajstić information content (AvgIpc) is 3.37. The van der Waals surface area contributed by atoms with Crippen LogP contribution in [0.1, 0.15) is 50.2 Å². The molecule has 1 aliphatic carbocycles. The molecule has 0 bridgehead atoms. The Morgan fingerprint density at radius 2 is 1.74 bits per heavy atom. The van der Waals surface area contributed by atoms with E-state index in [2.05, 4.69) is 17.5 Å². The van der Waals surface area contributed by atoms with Crippen molar-refractivity contribution in [3.05, 3.63) is 116 Å². The van der Waals surface area contributed by atoms with Crippen LogP contribution in [0.4, 0.5) is 11.4 Å². The van der Waals surface area contributed by atoms with Crippen molar-refractivity contribution in [3.63, 3.8) is 0 Å². The van der Waals surface area contributed by atoms with E-state index in [9.17, 15) is 19.7 Å². The van der Waals surface area contributed by atoms with Crippen molar-refractivity contribution in [1.29, 1.82) is 0 Å². The number of halogens is 1. The lowest BCUT2D eigenvalue weighted by Crippen LogP contribution is -2.29. The molecular formula is C27H21ClN2O5. The minimum atomic E-state index is -0.596. The Balaban J connectivity index is 1.30. The van der Waals surface area contributed by atoms with E-state index in [0.717, 1.165) is 23.2 Å². The number of Topliss-reactive ketones (excluding diaryl/α,β-unsaturated/α-hetero) is 1. The smallest absolute Gasteiger partial charge is 0.338 e. The van der Waals surface area contributed by atoms with Gasteiger partial charge < -0.3 is 10.1 Å². The fourth-order valence-electron chi connectivity index (χ4n) is 4.79. The molecule has 0 aromatic heterocycles. The van der Waals surface area contributed by atoms with Gasteiger partial charge in [-0.05, 0) is 65.9 Å². The van der Waals surface area contributed by atoms with Crippen molar-refractivity contribution in [3.8, 4) is 0 Å². The maximum Gasteiger partial charge on any atom is 0.338 e. The number of esters is 1. The van der Waals surface area contributed by atoms with Crippen molar-refractivity contribution >= 4 is 34.7 Å². The van der Waals surface area contributed by atoms with Gasteiger partial charge in [0.1, 0.15) is 0 Å². The van der Waals surface area contributed by atoms with Crippen LogP contribution in [-0.2, 0) is 4.74 Å². The van der Waals surface area contributed by atoms with Gasteiger partial charge >= 0.3 is 5.97 Å². The second-order valence-electron chi connectivity index (χ2n) is 8.63. The summed E-state index contributed by atoms with van der Waals surface area (Å²) >= 11 is 6.07. The molecule has 5 rings (SSSR count). The van der Waals surface area contributed by atoms with Gasteiger partial charge in [0, 0.05) is 34.3 Å². The van der Waals surface area contributed by atoms with E-state index in [1.807, 2.05) is 36.4 Å². The van der Waals surface area contributed by atoms with Gasteiger partial charge in [0.25, 0.3) is 5.69 Å². The third-order valence-corrected chi connectivity index (χ3v) is 6.81. The van der Waals surface area contributed by atoms with Crippen LogP contribution in [0, 0.1) is 16.0 Å². The van der Waals surface area contributed by atoms with Gasteiger partial charge in [-0.15, -0.1) is 0 Å². The maximum absolute atomic E-state index is 12.7. The first-order valence-corrected chi connectivity index (χ1v) is 11.6. The van der Waals surface area contributed by atoms with Crippen LogP contribution < -0.4 is 5.32 Å². The number of non-ortho nitro benzene ring substituents is 1. The topological polar surface area (TPSA) is 98.5 Å². The van der Waals surface area contributed by atoms with Crippen molar-refractivity contribution < 1.29 is 19.2 Å². The summed E-state index contributed by atoms with van der Waals surface area (Å²) in [5.41, 5.74) is 3.63. The Morgan fingerprint density at radius 3 is 2.46 bits per heavy atom. The summed E-state index contributed by atoms with van der Waals surface area (Å²) in [6, 6.07) is 18.5. The number of ketones is 1. The van der Waals surface area contributed by atoms with Gasteiger partial charge in [-0.25, -0.2) is 4.79 Å².